The smallest absolute Gasteiger partial charge is 0.373 e. The van der Waals surface area contributed by atoms with E-state index in [0.29, 0.717) is 25.1 Å². The van der Waals surface area contributed by atoms with Crippen LogP contribution in [0.25, 0.3) is 0 Å². The van der Waals surface area contributed by atoms with Gasteiger partial charge < -0.3 is 14.8 Å². The van der Waals surface area contributed by atoms with Gasteiger partial charge in [-0.05, 0) is 45.4 Å². The van der Waals surface area contributed by atoms with Gasteiger partial charge in [-0.15, -0.1) is 0 Å². The normalized spacial score (nSPS) is 16.7. The first-order valence-corrected chi connectivity index (χ1v) is 17.9. The number of carbonyl (C=O) groups excluding carboxylic acids is 4. The molecule has 2 aromatic rings. The van der Waals surface area contributed by atoms with Crippen molar-refractivity contribution in [3.63, 3.8) is 0 Å². The van der Waals surface area contributed by atoms with Crippen molar-refractivity contribution >= 4 is 67.3 Å². The van der Waals surface area contributed by atoms with Crippen LogP contribution in [0.4, 0.5) is 11.4 Å². The van der Waals surface area contributed by atoms with E-state index in [9.17, 15) is 36.1 Å². The van der Waals surface area contributed by atoms with Crippen LogP contribution in [-0.2, 0) is 54.4 Å². The lowest BCUT2D eigenvalue weighted by atomic mass is 9.79. The van der Waals surface area contributed by atoms with E-state index in [4.69, 9.17) is 24.3 Å². The Bertz CT molecular complexity index is 1930. The Kier molecular flexibility index (Phi) is 15.4. The summed E-state index contributed by atoms with van der Waals surface area (Å²) in [4.78, 5) is 59.5. The molecule has 50 heavy (non-hydrogen) atoms. The predicted octanol–water partition coefficient (Wildman–Crippen LogP) is 3.05. The number of hydrogen-bond donors (Lipinski definition) is 2. The highest BCUT2D eigenvalue weighted by atomic mass is 32.2. The molecule has 1 saturated heterocycles. The molecule has 0 bridgehead atoms. The van der Waals surface area contributed by atoms with Crippen molar-refractivity contribution in [3.05, 3.63) is 58.7 Å². The second-order valence-corrected chi connectivity index (χ2v) is 15.2. The summed E-state index contributed by atoms with van der Waals surface area (Å²) in [6, 6.07) is 10.3. The summed E-state index contributed by atoms with van der Waals surface area (Å²) in [5, 5.41) is 18.5. The Morgan fingerprint density at radius 1 is 0.920 bits per heavy atom. The molecule has 2 aromatic carbocycles. The minimum absolute atomic E-state index is 0.201. The summed E-state index contributed by atoms with van der Waals surface area (Å²) in [7, 11) is -7.29. The third kappa shape index (κ3) is 11.2. The molecule has 0 unspecified atom stereocenters. The lowest BCUT2D eigenvalue weighted by Gasteiger charge is -2.21. The topological polar surface area (TPSA) is 259 Å². The lowest BCUT2D eigenvalue weighted by Crippen LogP contribution is -2.28. The molecule has 18 heteroatoms. The van der Waals surface area contributed by atoms with Gasteiger partial charge in [0.1, 0.15) is 6.54 Å². The van der Waals surface area contributed by atoms with Crippen LogP contribution in [-0.4, -0.2) is 96.5 Å². The summed E-state index contributed by atoms with van der Waals surface area (Å²) in [5.74, 6) is -2.09. The van der Waals surface area contributed by atoms with Gasteiger partial charge in [-0.3, -0.25) is 9.18 Å². The maximum absolute atomic E-state index is 11.5. The molecular weight excluding hydrogens is 700 g/mol. The Labute approximate surface area is 289 Å². The summed E-state index contributed by atoms with van der Waals surface area (Å²) in [5.41, 5.74) is 4.90. The molecule has 1 fully saturated rings. The zero-order valence-electron chi connectivity index (χ0n) is 28.2. The number of rotatable bonds is 6. The Balaban J connectivity index is 0.000000382. The van der Waals surface area contributed by atoms with Crippen LogP contribution in [0.5, 0.6) is 0 Å². The highest BCUT2D eigenvalue weighted by Crippen LogP contribution is 2.42. The van der Waals surface area contributed by atoms with Gasteiger partial charge in [-0.1, -0.05) is 26.0 Å². The molecule has 272 valence electrons. The van der Waals surface area contributed by atoms with Crippen LogP contribution < -0.4 is 0 Å². The zero-order chi connectivity index (χ0) is 38.7. The molecule has 0 radical (unpaired) electrons. The molecule has 0 spiro atoms. The number of nitrogens with zero attached hydrogens (tertiary/aromatic N) is 2. The Morgan fingerprint density at radius 3 is 1.84 bits per heavy atom. The van der Waals surface area contributed by atoms with Gasteiger partial charge in [0.2, 0.25) is 5.69 Å². The molecule has 0 saturated carbocycles. The van der Waals surface area contributed by atoms with Crippen LogP contribution >= 0.6 is 0 Å². The van der Waals surface area contributed by atoms with Gasteiger partial charge >= 0.3 is 24.2 Å². The minimum Gasteiger partial charge on any atom is -0.748 e. The highest BCUT2D eigenvalue weighted by Gasteiger charge is 2.45. The second kappa shape index (κ2) is 17.8. The van der Waals surface area contributed by atoms with Crippen LogP contribution in [0.3, 0.4) is 0 Å². The van der Waals surface area contributed by atoms with Crippen molar-refractivity contribution < 1.29 is 69.1 Å². The van der Waals surface area contributed by atoms with Crippen LogP contribution in [0.15, 0.2) is 41.4 Å². The van der Waals surface area contributed by atoms with Crippen molar-refractivity contribution in [2.75, 3.05) is 24.7 Å². The first-order chi connectivity index (χ1) is 23.0. The average Bonchev–Trinajstić information content (AvgIpc) is 3.58. The molecule has 3 aliphatic rings. The zero-order valence-corrected chi connectivity index (χ0v) is 29.8. The summed E-state index contributed by atoms with van der Waals surface area (Å²) in [6.45, 7) is 12.5. The molecule has 3 aliphatic heterocycles. The lowest BCUT2D eigenvalue weighted by molar-refractivity contribution is -0.438. The first-order valence-electron chi connectivity index (χ1n) is 14.7. The fourth-order valence-corrected chi connectivity index (χ4v) is 6.88. The van der Waals surface area contributed by atoms with E-state index in [-0.39, 0.29) is 35.5 Å². The highest BCUT2D eigenvalue weighted by molar-refractivity contribution is 7.86. The van der Waals surface area contributed by atoms with Gasteiger partial charge in [-0.2, -0.15) is 32.2 Å². The number of carboxylic acid groups (broad SMARTS) is 2. The molecular formula is C32H38N2O14S2. The van der Waals surface area contributed by atoms with Crippen molar-refractivity contribution in [1.29, 1.82) is 0 Å². The van der Waals surface area contributed by atoms with Crippen molar-refractivity contribution in [2.45, 2.75) is 65.2 Å². The Morgan fingerprint density at radius 2 is 1.42 bits per heavy atom. The fourth-order valence-electron chi connectivity index (χ4n) is 5.44. The number of aliphatic imine (C=N–C) groups is 1. The van der Waals surface area contributed by atoms with E-state index >= 15 is 0 Å². The van der Waals surface area contributed by atoms with Gasteiger partial charge in [-0.25, -0.2) is 18.0 Å². The number of aromatic carboxylic acids is 2. The van der Waals surface area contributed by atoms with E-state index in [1.54, 1.807) is 24.3 Å². The molecule has 0 aromatic heterocycles. The number of hydrogen-bond acceptors (Lipinski definition) is 13. The molecule has 5 rings (SSSR count). The van der Waals surface area contributed by atoms with Crippen molar-refractivity contribution in [1.82, 2.24) is 0 Å². The van der Waals surface area contributed by atoms with Crippen molar-refractivity contribution in [3.8, 4) is 0 Å². The van der Waals surface area contributed by atoms with Crippen LogP contribution in [0, 0.1) is 0 Å². The monoisotopic (exact) mass is 738 g/mol. The molecule has 2 N–H and O–H groups in total. The molecule has 3 heterocycles. The Hall–Kier alpha value is -4.70. The van der Waals surface area contributed by atoms with E-state index in [2.05, 4.69) is 9.18 Å². The van der Waals surface area contributed by atoms with Crippen molar-refractivity contribution in [2.24, 2.45) is 4.99 Å². The number of carboxylic acids is 2. The third-order valence-electron chi connectivity index (χ3n) is 8.17. The third-order valence-corrected chi connectivity index (χ3v) is 10.3. The molecule has 0 amide bonds. The number of fused-ring (bicyclic) bond motifs is 2. The SMILES string of the molecule is CC1=Nc2cccc(C(=O)O)c2C1(C)C.CC1=[N+](CCCS(=O)(=O)[O-])c2cccc(C(=O)O)c2C1(C)C.O=C=O.O=C=O.O=S1(=O)CCCO1. The second-order valence-electron chi connectivity index (χ2n) is 11.9. The van der Waals surface area contributed by atoms with E-state index in [0.717, 1.165) is 33.9 Å². The predicted molar refractivity (Wildman–Crippen MR) is 175 cm³/mol. The maximum Gasteiger partial charge on any atom is 0.373 e. The molecule has 0 atom stereocenters. The van der Waals surface area contributed by atoms with Gasteiger partial charge in [0.25, 0.3) is 10.1 Å². The minimum atomic E-state index is -4.24. The number of benzene rings is 2. The summed E-state index contributed by atoms with van der Waals surface area (Å²) >= 11 is 0. The van der Waals surface area contributed by atoms with Crippen LogP contribution in [0.1, 0.15) is 86.2 Å². The van der Waals surface area contributed by atoms with E-state index in [1.807, 2.05) is 58.3 Å². The maximum atomic E-state index is 11.5. The first kappa shape index (κ1) is 43.3. The standard InChI is InChI=1S/C15H19NO5S.C12H13NO2.C3H6O3S.2CO2/c1-10-15(2,3)13-11(14(17)18)6-4-7-12(13)16(10)8-5-9-22(19,20)21;1-7-12(2,3)10-8(11(14)15)5-4-6-9(10)13-7;4-7(5)3-1-2-6-7;2*2-1-3/h4,6-7H,5,8-9H2,1-3H3,(H-,17,18,19,20,21);4-6H,1-3H3,(H,14,15);1-3H2;;. The average molecular weight is 739 g/mol. The van der Waals surface area contributed by atoms with E-state index < -0.39 is 43.3 Å². The largest absolute Gasteiger partial charge is 0.748 e. The molecule has 0 aliphatic carbocycles. The molecule has 16 nitrogen and oxygen atoms in total. The van der Waals surface area contributed by atoms with Gasteiger partial charge in [0.15, 0.2) is 5.71 Å². The van der Waals surface area contributed by atoms with Crippen LogP contribution in [0.2, 0.25) is 0 Å². The number of carbonyl (C=O) groups is 2. The quantitative estimate of drug-likeness (QED) is 0.245. The fraction of sp³-hybridized carbons (Fsp3) is 0.438. The summed E-state index contributed by atoms with van der Waals surface area (Å²) < 4.78 is 58.9. The summed E-state index contributed by atoms with van der Waals surface area (Å²) in [6.07, 6.45) is 1.36. The van der Waals surface area contributed by atoms with E-state index in [1.165, 1.54) is 0 Å². The van der Waals surface area contributed by atoms with Gasteiger partial charge in [0.05, 0.1) is 50.3 Å². The van der Waals surface area contributed by atoms with Gasteiger partial charge in [0, 0.05) is 41.9 Å².